The van der Waals surface area contributed by atoms with Gasteiger partial charge in [-0.3, -0.25) is 4.79 Å². The van der Waals surface area contributed by atoms with Crippen molar-refractivity contribution < 1.29 is 18.3 Å². The standard InChI is InChI=1S/C12H16O4S/c1-9-5-4-6-10(7-9)8-17(15,16)12(2,3)11(13)14/h4-7H,8H2,1-3H3,(H,13,14). The van der Waals surface area contributed by atoms with E-state index in [1.807, 2.05) is 13.0 Å². The lowest BCUT2D eigenvalue weighted by Crippen LogP contribution is -2.41. The van der Waals surface area contributed by atoms with Crippen LogP contribution in [-0.2, 0) is 20.4 Å². The summed E-state index contributed by atoms with van der Waals surface area (Å²) in [5, 5.41) is 8.93. The Morgan fingerprint density at radius 3 is 2.41 bits per heavy atom. The fraction of sp³-hybridized carbons (Fsp3) is 0.417. The number of hydrogen-bond acceptors (Lipinski definition) is 3. The summed E-state index contributed by atoms with van der Waals surface area (Å²) in [4.78, 5) is 10.9. The normalized spacial score (nSPS) is 12.4. The third-order valence-corrected chi connectivity index (χ3v) is 5.17. The van der Waals surface area contributed by atoms with Gasteiger partial charge >= 0.3 is 5.97 Å². The van der Waals surface area contributed by atoms with Gasteiger partial charge in [0.25, 0.3) is 0 Å². The molecule has 1 aromatic carbocycles. The summed E-state index contributed by atoms with van der Waals surface area (Å²) in [7, 11) is -3.73. The molecule has 0 aliphatic rings. The van der Waals surface area contributed by atoms with E-state index < -0.39 is 20.6 Å². The molecule has 0 unspecified atom stereocenters. The van der Waals surface area contributed by atoms with Gasteiger partial charge in [0.2, 0.25) is 0 Å². The van der Waals surface area contributed by atoms with E-state index in [0.29, 0.717) is 5.56 Å². The van der Waals surface area contributed by atoms with E-state index in [2.05, 4.69) is 0 Å². The van der Waals surface area contributed by atoms with Crippen molar-refractivity contribution in [3.05, 3.63) is 35.4 Å². The number of carboxylic acid groups (broad SMARTS) is 1. The van der Waals surface area contributed by atoms with E-state index in [4.69, 9.17) is 5.11 Å². The monoisotopic (exact) mass is 256 g/mol. The predicted octanol–water partition coefficient (Wildman–Crippen LogP) is 1.77. The Kier molecular flexibility index (Phi) is 3.62. The highest BCUT2D eigenvalue weighted by Gasteiger charge is 2.41. The average molecular weight is 256 g/mol. The lowest BCUT2D eigenvalue weighted by molar-refractivity contribution is -0.139. The summed E-state index contributed by atoms with van der Waals surface area (Å²) in [6, 6.07) is 7.05. The first-order valence-corrected chi connectivity index (χ1v) is 6.83. The lowest BCUT2D eigenvalue weighted by atomic mass is 10.2. The van der Waals surface area contributed by atoms with Crippen LogP contribution in [0.2, 0.25) is 0 Å². The maximum absolute atomic E-state index is 12.0. The van der Waals surface area contributed by atoms with Crippen molar-refractivity contribution in [3.8, 4) is 0 Å². The second-order valence-corrected chi connectivity index (χ2v) is 7.10. The molecule has 0 heterocycles. The van der Waals surface area contributed by atoms with Crippen LogP contribution >= 0.6 is 0 Å². The zero-order valence-electron chi connectivity index (χ0n) is 10.1. The first kappa shape index (κ1) is 13.7. The molecule has 0 fully saturated rings. The van der Waals surface area contributed by atoms with Crippen LogP contribution in [0, 0.1) is 6.92 Å². The van der Waals surface area contributed by atoms with Crippen LogP contribution in [0.4, 0.5) is 0 Å². The van der Waals surface area contributed by atoms with E-state index >= 15 is 0 Å². The quantitative estimate of drug-likeness (QED) is 0.891. The van der Waals surface area contributed by atoms with Crippen molar-refractivity contribution in [2.45, 2.75) is 31.3 Å². The summed E-state index contributed by atoms with van der Waals surface area (Å²) in [5.74, 6) is -1.58. The third-order valence-electron chi connectivity index (χ3n) is 2.73. The molecule has 94 valence electrons. The molecule has 5 heteroatoms. The molecule has 0 bridgehead atoms. The number of benzene rings is 1. The summed E-state index contributed by atoms with van der Waals surface area (Å²) in [6.07, 6.45) is 0. The minimum atomic E-state index is -3.73. The van der Waals surface area contributed by atoms with Crippen molar-refractivity contribution in [1.82, 2.24) is 0 Å². The van der Waals surface area contributed by atoms with Crippen LogP contribution in [0.3, 0.4) is 0 Å². The number of hydrogen-bond donors (Lipinski definition) is 1. The number of carbonyl (C=O) groups is 1. The van der Waals surface area contributed by atoms with Crippen LogP contribution in [-0.4, -0.2) is 24.2 Å². The molecule has 0 aliphatic carbocycles. The third kappa shape index (κ3) is 2.85. The van der Waals surface area contributed by atoms with Crippen LogP contribution < -0.4 is 0 Å². The molecule has 1 rings (SSSR count). The van der Waals surface area contributed by atoms with Gasteiger partial charge in [0, 0.05) is 0 Å². The highest BCUT2D eigenvalue weighted by molar-refractivity contribution is 7.92. The van der Waals surface area contributed by atoms with E-state index in [9.17, 15) is 13.2 Å². The Hall–Kier alpha value is -1.36. The summed E-state index contributed by atoms with van der Waals surface area (Å²) in [5.41, 5.74) is 1.56. The van der Waals surface area contributed by atoms with Crippen molar-refractivity contribution in [2.75, 3.05) is 0 Å². The van der Waals surface area contributed by atoms with Crippen molar-refractivity contribution in [2.24, 2.45) is 0 Å². The minimum absolute atomic E-state index is 0.256. The lowest BCUT2D eigenvalue weighted by Gasteiger charge is -2.19. The highest BCUT2D eigenvalue weighted by atomic mass is 32.2. The van der Waals surface area contributed by atoms with Gasteiger partial charge in [-0.1, -0.05) is 29.8 Å². The predicted molar refractivity (Wildman–Crippen MR) is 65.5 cm³/mol. The number of aryl methyl sites for hydroxylation is 1. The molecule has 0 amide bonds. The fourth-order valence-corrected chi connectivity index (χ4v) is 2.58. The van der Waals surface area contributed by atoms with Crippen LogP contribution in [0.15, 0.2) is 24.3 Å². The van der Waals surface area contributed by atoms with Gasteiger partial charge in [-0.25, -0.2) is 8.42 Å². The maximum Gasteiger partial charge on any atom is 0.324 e. The number of sulfone groups is 1. The van der Waals surface area contributed by atoms with Crippen molar-refractivity contribution in [1.29, 1.82) is 0 Å². The van der Waals surface area contributed by atoms with E-state index in [0.717, 1.165) is 5.56 Å². The topological polar surface area (TPSA) is 71.4 Å². The molecule has 1 aromatic rings. The molecule has 0 aromatic heterocycles. The largest absolute Gasteiger partial charge is 0.480 e. The molecule has 4 nitrogen and oxygen atoms in total. The SMILES string of the molecule is Cc1cccc(CS(=O)(=O)C(C)(C)C(=O)O)c1. The average Bonchev–Trinajstić information content (AvgIpc) is 2.16. The minimum Gasteiger partial charge on any atom is -0.480 e. The van der Waals surface area contributed by atoms with Crippen molar-refractivity contribution >= 4 is 15.8 Å². The molecule has 0 saturated carbocycles. The summed E-state index contributed by atoms with van der Waals surface area (Å²) >= 11 is 0. The Labute approximate surface area is 101 Å². The zero-order valence-corrected chi connectivity index (χ0v) is 10.9. The van der Waals surface area contributed by atoms with Gasteiger partial charge in [-0.05, 0) is 26.3 Å². The van der Waals surface area contributed by atoms with Gasteiger partial charge in [0.05, 0.1) is 5.75 Å². The molecule has 0 atom stereocenters. The van der Waals surface area contributed by atoms with Gasteiger partial charge < -0.3 is 5.11 Å². The van der Waals surface area contributed by atoms with Crippen LogP contribution in [0.25, 0.3) is 0 Å². The smallest absolute Gasteiger partial charge is 0.324 e. The Morgan fingerprint density at radius 2 is 1.94 bits per heavy atom. The first-order valence-electron chi connectivity index (χ1n) is 5.18. The molecular weight excluding hydrogens is 240 g/mol. The summed E-state index contributed by atoms with van der Waals surface area (Å²) in [6.45, 7) is 4.28. The van der Waals surface area contributed by atoms with Gasteiger partial charge in [0.15, 0.2) is 14.6 Å². The Morgan fingerprint density at radius 1 is 1.35 bits per heavy atom. The highest BCUT2D eigenvalue weighted by Crippen LogP contribution is 2.22. The second-order valence-electron chi connectivity index (χ2n) is 4.56. The van der Waals surface area contributed by atoms with Crippen LogP contribution in [0.1, 0.15) is 25.0 Å². The Balaban J connectivity index is 3.07. The number of rotatable bonds is 4. The second kappa shape index (κ2) is 4.49. The molecular formula is C12H16O4S. The maximum atomic E-state index is 12.0. The van der Waals surface area contributed by atoms with Crippen molar-refractivity contribution in [3.63, 3.8) is 0 Å². The molecule has 0 spiro atoms. The molecule has 17 heavy (non-hydrogen) atoms. The first-order chi connectivity index (χ1) is 7.67. The van der Waals surface area contributed by atoms with Gasteiger partial charge in [0.1, 0.15) is 0 Å². The zero-order chi connectivity index (χ0) is 13.3. The summed E-state index contributed by atoms with van der Waals surface area (Å²) < 4.78 is 22.2. The fourth-order valence-electron chi connectivity index (χ4n) is 1.33. The number of aliphatic carboxylic acids is 1. The van der Waals surface area contributed by atoms with Crippen LogP contribution in [0.5, 0.6) is 0 Å². The van der Waals surface area contributed by atoms with Gasteiger partial charge in [-0.2, -0.15) is 0 Å². The van der Waals surface area contributed by atoms with E-state index in [1.54, 1.807) is 18.2 Å². The van der Waals surface area contributed by atoms with E-state index in [1.165, 1.54) is 13.8 Å². The molecule has 0 aliphatic heterocycles. The number of carboxylic acids is 1. The Bertz CT molecular complexity index is 529. The molecule has 1 N–H and O–H groups in total. The van der Waals surface area contributed by atoms with E-state index in [-0.39, 0.29) is 5.75 Å². The molecule has 0 radical (unpaired) electrons. The van der Waals surface area contributed by atoms with Gasteiger partial charge in [-0.15, -0.1) is 0 Å². The molecule has 0 saturated heterocycles.